The van der Waals surface area contributed by atoms with Crippen molar-refractivity contribution in [2.45, 2.75) is 0 Å². The van der Waals surface area contributed by atoms with Gasteiger partial charge in [-0.25, -0.2) is 19.9 Å². The summed E-state index contributed by atoms with van der Waals surface area (Å²) in [6, 6.07) is 18.5. The summed E-state index contributed by atoms with van der Waals surface area (Å²) in [5, 5.41) is 8.63. The van der Waals surface area contributed by atoms with E-state index in [0.717, 1.165) is 18.5 Å². The zero-order chi connectivity index (χ0) is 20.9. The van der Waals surface area contributed by atoms with E-state index in [-0.39, 0.29) is 0 Å². The first kappa shape index (κ1) is 23.2. The molecule has 1 N–H and O–H groups in total. The van der Waals surface area contributed by atoms with Crippen LogP contribution >= 0.6 is 54.5 Å². The number of halogens is 3. The molecule has 0 fully saturated rings. The quantitative estimate of drug-likeness (QED) is 0.208. The molecular weight excluding hydrogens is 615 g/mol. The zero-order valence-corrected chi connectivity index (χ0v) is 20.2. The molecule has 0 atom stereocenters. The van der Waals surface area contributed by atoms with E-state index >= 15 is 0 Å². The summed E-state index contributed by atoms with van der Waals surface area (Å²) < 4.78 is 7.91. The molecule has 0 radical (unpaired) electrons. The maximum atomic E-state index is 8.63. The van der Waals surface area contributed by atoms with Crippen LogP contribution in [0.25, 0.3) is 0 Å². The Morgan fingerprint density at radius 2 is 1.14 bits per heavy atom. The molecule has 148 valence electrons. The number of aromatic nitrogens is 4. The van der Waals surface area contributed by atoms with E-state index in [0.29, 0.717) is 11.8 Å². The Balaban J connectivity index is 0.000000170. The fourth-order valence-corrected chi connectivity index (χ4v) is 2.36. The molecule has 6 nitrogen and oxygen atoms in total. The van der Waals surface area contributed by atoms with Crippen molar-refractivity contribution in [2.75, 3.05) is 0 Å². The molecular formula is C20H15Br2IN4O2. The molecule has 0 aliphatic carbocycles. The van der Waals surface area contributed by atoms with Gasteiger partial charge in [-0.15, -0.1) is 0 Å². The van der Waals surface area contributed by atoms with Gasteiger partial charge >= 0.3 is 6.01 Å². The monoisotopic (exact) mass is 628 g/mol. The minimum absolute atomic E-state index is 0.322. The molecule has 0 amide bonds. The van der Waals surface area contributed by atoms with Crippen LogP contribution in [-0.4, -0.2) is 25.0 Å². The maximum absolute atomic E-state index is 8.63. The minimum atomic E-state index is 0.322. The van der Waals surface area contributed by atoms with Gasteiger partial charge in [0.2, 0.25) is 0 Å². The van der Waals surface area contributed by atoms with Gasteiger partial charge in [0, 0.05) is 47.4 Å². The number of rotatable bonds is 2. The lowest BCUT2D eigenvalue weighted by atomic mass is 10.3. The molecule has 2 heterocycles. The van der Waals surface area contributed by atoms with Crippen molar-refractivity contribution in [3.63, 3.8) is 0 Å². The fourth-order valence-electron chi connectivity index (χ4n) is 1.67. The first-order valence-corrected chi connectivity index (χ1v) is 10.8. The second-order valence-corrected chi connectivity index (χ2v) is 7.90. The molecule has 0 aliphatic heterocycles. The number of phenols is 1. The normalized spacial score (nSPS) is 9.34. The number of para-hydroxylation sites is 2. The predicted octanol–water partition coefficient (Wildman–Crippen LogP) is 6.27. The first-order valence-electron chi connectivity index (χ1n) is 8.10. The van der Waals surface area contributed by atoms with E-state index in [9.17, 15) is 0 Å². The Labute approximate surface area is 198 Å². The third-order valence-corrected chi connectivity index (χ3v) is 4.27. The van der Waals surface area contributed by atoms with Crippen LogP contribution in [0.3, 0.4) is 0 Å². The van der Waals surface area contributed by atoms with Crippen LogP contribution in [0.1, 0.15) is 0 Å². The van der Waals surface area contributed by atoms with Crippen molar-refractivity contribution in [1.82, 2.24) is 19.9 Å². The number of hydrogen-bond donors (Lipinski definition) is 1. The van der Waals surface area contributed by atoms with Gasteiger partial charge in [-0.2, -0.15) is 0 Å². The Hall–Kier alpha value is -2.11. The SMILES string of the molecule is Brc1cnc(I)nc1.Brc1cnc(Oc2ccccc2)nc1.Oc1ccccc1. The summed E-state index contributed by atoms with van der Waals surface area (Å²) in [5.41, 5.74) is 0. The minimum Gasteiger partial charge on any atom is -0.508 e. The number of ether oxygens (including phenoxy) is 1. The van der Waals surface area contributed by atoms with Crippen LogP contribution in [0.15, 0.2) is 94.4 Å². The van der Waals surface area contributed by atoms with Gasteiger partial charge in [0.25, 0.3) is 0 Å². The van der Waals surface area contributed by atoms with E-state index in [1.807, 2.05) is 36.4 Å². The Bertz CT molecular complexity index is 940. The number of nitrogens with zero attached hydrogens (tertiary/aromatic N) is 4. The highest BCUT2D eigenvalue weighted by Crippen LogP contribution is 2.17. The van der Waals surface area contributed by atoms with E-state index in [1.165, 1.54) is 0 Å². The van der Waals surface area contributed by atoms with Gasteiger partial charge in [0.15, 0.2) is 3.83 Å². The third-order valence-electron chi connectivity index (χ3n) is 2.89. The fraction of sp³-hybridized carbons (Fsp3) is 0. The van der Waals surface area contributed by atoms with Gasteiger partial charge in [-0.1, -0.05) is 36.4 Å². The Morgan fingerprint density at radius 1 is 0.690 bits per heavy atom. The predicted molar refractivity (Wildman–Crippen MR) is 127 cm³/mol. The van der Waals surface area contributed by atoms with E-state index in [1.54, 1.807) is 49.1 Å². The largest absolute Gasteiger partial charge is 0.508 e. The first-order chi connectivity index (χ1) is 14.0. The summed E-state index contributed by atoms with van der Waals surface area (Å²) in [4.78, 5) is 15.8. The molecule has 4 aromatic rings. The van der Waals surface area contributed by atoms with Gasteiger partial charge in [-0.05, 0) is 56.1 Å². The highest BCUT2D eigenvalue weighted by Gasteiger charge is 1.98. The van der Waals surface area contributed by atoms with E-state index < -0.39 is 0 Å². The number of benzene rings is 2. The van der Waals surface area contributed by atoms with Gasteiger partial charge < -0.3 is 9.84 Å². The average Bonchev–Trinajstić information content (AvgIpc) is 2.74. The number of hydrogen-bond acceptors (Lipinski definition) is 6. The van der Waals surface area contributed by atoms with Crippen LogP contribution in [0.4, 0.5) is 0 Å². The third kappa shape index (κ3) is 10.3. The van der Waals surface area contributed by atoms with Crippen LogP contribution < -0.4 is 4.74 Å². The molecule has 0 aliphatic rings. The summed E-state index contributed by atoms with van der Waals surface area (Å²) in [6.07, 6.45) is 6.72. The number of aromatic hydroxyl groups is 1. The van der Waals surface area contributed by atoms with Crippen LogP contribution in [0, 0.1) is 3.83 Å². The highest BCUT2D eigenvalue weighted by molar-refractivity contribution is 14.1. The summed E-state index contributed by atoms with van der Waals surface area (Å²) in [5.74, 6) is 1.05. The van der Waals surface area contributed by atoms with Crippen molar-refractivity contribution in [3.8, 4) is 17.5 Å². The van der Waals surface area contributed by atoms with Crippen molar-refractivity contribution >= 4 is 54.5 Å². The highest BCUT2D eigenvalue weighted by atomic mass is 127. The number of phenolic OH excluding ortho intramolecular Hbond substituents is 1. The Kier molecular flexibility index (Phi) is 10.5. The van der Waals surface area contributed by atoms with Crippen LogP contribution in [0.5, 0.6) is 17.5 Å². The molecule has 4 rings (SSSR count). The molecule has 29 heavy (non-hydrogen) atoms. The maximum Gasteiger partial charge on any atom is 0.321 e. The molecule has 9 heteroatoms. The second kappa shape index (κ2) is 13.2. The van der Waals surface area contributed by atoms with E-state index in [2.05, 4.69) is 74.4 Å². The van der Waals surface area contributed by atoms with E-state index in [4.69, 9.17) is 9.84 Å². The lowest BCUT2D eigenvalue weighted by Gasteiger charge is -2.01. The zero-order valence-electron chi connectivity index (χ0n) is 14.9. The molecule has 2 aromatic carbocycles. The van der Waals surface area contributed by atoms with Crippen molar-refractivity contribution in [3.05, 3.63) is 98.2 Å². The molecule has 0 saturated heterocycles. The smallest absolute Gasteiger partial charge is 0.321 e. The summed E-state index contributed by atoms with van der Waals surface area (Å²) in [6.45, 7) is 0. The molecule has 0 unspecified atom stereocenters. The van der Waals surface area contributed by atoms with Crippen LogP contribution in [0.2, 0.25) is 0 Å². The van der Waals surface area contributed by atoms with Crippen molar-refractivity contribution in [1.29, 1.82) is 0 Å². The standard InChI is InChI=1S/C10H7BrN2O.C6H6O.C4H2BrIN2/c11-8-6-12-10(13-7-8)14-9-4-2-1-3-5-9;7-6-4-2-1-3-5-6;5-3-1-7-4(6)8-2-3/h1-7H;1-5,7H;1-2H. The van der Waals surface area contributed by atoms with Gasteiger partial charge in [0.05, 0.1) is 8.95 Å². The lowest BCUT2D eigenvalue weighted by Crippen LogP contribution is -1.90. The second-order valence-electron chi connectivity index (χ2n) is 5.10. The van der Waals surface area contributed by atoms with Crippen molar-refractivity contribution < 1.29 is 9.84 Å². The van der Waals surface area contributed by atoms with Crippen LogP contribution in [-0.2, 0) is 0 Å². The molecule has 2 aromatic heterocycles. The topological polar surface area (TPSA) is 81.0 Å². The van der Waals surface area contributed by atoms with Gasteiger partial charge in [0.1, 0.15) is 11.5 Å². The summed E-state index contributed by atoms with van der Waals surface area (Å²) >= 11 is 8.52. The Morgan fingerprint density at radius 3 is 1.55 bits per heavy atom. The molecule has 0 bridgehead atoms. The molecule has 0 spiro atoms. The summed E-state index contributed by atoms with van der Waals surface area (Å²) in [7, 11) is 0. The molecule has 0 saturated carbocycles. The average molecular weight is 630 g/mol. The lowest BCUT2D eigenvalue weighted by molar-refractivity contribution is 0.441. The van der Waals surface area contributed by atoms with Crippen molar-refractivity contribution in [2.24, 2.45) is 0 Å². The van der Waals surface area contributed by atoms with Gasteiger partial charge in [-0.3, -0.25) is 0 Å².